The quantitative estimate of drug-likeness (QED) is 0.633. The van der Waals surface area contributed by atoms with Crippen molar-refractivity contribution in [2.24, 2.45) is 0 Å². The topological polar surface area (TPSA) is 49.3 Å². The van der Waals surface area contributed by atoms with E-state index in [-0.39, 0.29) is 5.91 Å². The number of nitrogens with zero attached hydrogens (tertiary/aromatic N) is 4. The Morgan fingerprint density at radius 2 is 1.89 bits per heavy atom. The second-order valence-corrected chi connectivity index (χ2v) is 8.90. The van der Waals surface area contributed by atoms with E-state index in [0.29, 0.717) is 23.7 Å². The zero-order valence-corrected chi connectivity index (χ0v) is 17.1. The van der Waals surface area contributed by atoms with Gasteiger partial charge in [0, 0.05) is 41.6 Å². The summed E-state index contributed by atoms with van der Waals surface area (Å²) in [6.07, 6.45) is 6.49. The second-order valence-electron chi connectivity index (χ2n) is 7.38. The molecule has 2 aliphatic rings. The maximum Gasteiger partial charge on any atom is 0.254 e. The SMILES string of the molecule is O=C(c1cccc(Cl)c1)N1CCN(c2ncnc3sc4c(c23)CCCC4)CC1. The predicted molar refractivity (Wildman–Crippen MR) is 114 cm³/mol. The molecule has 3 aromatic rings. The van der Waals surface area contributed by atoms with Gasteiger partial charge in [-0.2, -0.15) is 0 Å². The molecule has 5 rings (SSSR count). The van der Waals surface area contributed by atoms with Crippen LogP contribution in [0.3, 0.4) is 0 Å². The number of piperazine rings is 1. The molecule has 7 heteroatoms. The monoisotopic (exact) mass is 412 g/mol. The van der Waals surface area contributed by atoms with Gasteiger partial charge in [0.05, 0.1) is 5.39 Å². The Kier molecular flexibility index (Phi) is 4.69. The lowest BCUT2D eigenvalue weighted by molar-refractivity contribution is 0.0746. The zero-order chi connectivity index (χ0) is 19.1. The van der Waals surface area contributed by atoms with Crippen LogP contribution in [-0.4, -0.2) is 47.0 Å². The number of anilines is 1. The van der Waals surface area contributed by atoms with E-state index in [0.717, 1.165) is 36.6 Å². The number of aromatic nitrogens is 2. The van der Waals surface area contributed by atoms with Crippen molar-refractivity contribution in [2.75, 3.05) is 31.1 Å². The Labute approximate surface area is 173 Å². The van der Waals surface area contributed by atoms with E-state index >= 15 is 0 Å². The summed E-state index contributed by atoms with van der Waals surface area (Å²) in [6, 6.07) is 7.18. The number of fused-ring (bicyclic) bond motifs is 3. The normalized spacial score (nSPS) is 17.0. The largest absolute Gasteiger partial charge is 0.352 e. The van der Waals surface area contributed by atoms with Crippen molar-refractivity contribution in [3.05, 3.63) is 51.6 Å². The first kappa shape index (κ1) is 17.9. The molecule has 1 amide bonds. The summed E-state index contributed by atoms with van der Waals surface area (Å²) in [5, 5.41) is 1.84. The molecule has 0 N–H and O–H groups in total. The molecule has 1 aliphatic carbocycles. The maximum atomic E-state index is 12.8. The lowest BCUT2D eigenvalue weighted by Crippen LogP contribution is -2.49. The first-order chi connectivity index (χ1) is 13.7. The minimum Gasteiger partial charge on any atom is -0.352 e. The summed E-state index contributed by atoms with van der Waals surface area (Å²) in [7, 11) is 0. The van der Waals surface area contributed by atoms with Gasteiger partial charge in [-0.3, -0.25) is 4.79 Å². The van der Waals surface area contributed by atoms with Crippen LogP contribution in [0.2, 0.25) is 5.02 Å². The van der Waals surface area contributed by atoms with Crippen LogP contribution in [0.25, 0.3) is 10.2 Å². The van der Waals surface area contributed by atoms with Gasteiger partial charge in [-0.25, -0.2) is 9.97 Å². The van der Waals surface area contributed by atoms with Crippen LogP contribution in [0, 0.1) is 0 Å². The molecule has 1 aromatic carbocycles. The minimum absolute atomic E-state index is 0.0443. The smallest absolute Gasteiger partial charge is 0.254 e. The number of rotatable bonds is 2. The first-order valence-corrected chi connectivity index (χ1v) is 11.0. The van der Waals surface area contributed by atoms with Crippen molar-refractivity contribution in [1.29, 1.82) is 0 Å². The average Bonchev–Trinajstić information content (AvgIpc) is 3.12. The van der Waals surface area contributed by atoms with Crippen LogP contribution in [0.1, 0.15) is 33.6 Å². The summed E-state index contributed by atoms with van der Waals surface area (Å²) in [5.41, 5.74) is 2.11. The Morgan fingerprint density at radius 3 is 2.71 bits per heavy atom. The van der Waals surface area contributed by atoms with Crippen molar-refractivity contribution >= 4 is 44.9 Å². The number of halogens is 1. The Balaban J connectivity index is 1.37. The van der Waals surface area contributed by atoms with Crippen molar-refractivity contribution in [2.45, 2.75) is 25.7 Å². The van der Waals surface area contributed by atoms with E-state index in [9.17, 15) is 4.79 Å². The third-order valence-corrected chi connectivity index (χ3v) is 7.10. The van der Waals surface area contributed by atoms with E-state index in [1.807, 2.05) is 28.4 Å². The number of carbonyl (C=O) groups excluding carboxylic acids is 1. The van der Waals surface area contributed by atoms with E-state index in [1.54, 1.807) is 18.5 Å². The highest BCUT2D eigenvalue weighted by Gasteiger charge is 2.27. The summed E-state index contributed by atoms with van der Waals surface area (Å²) in [5.74, 6) is 1.09. The molecular weight excluding hydrogens is 392 g/mol. The number of carbonyl (C=O) groups is 1. The van der Waals surface area contributed by atoms with Gasteiger partial charge in [-0.15, -0.1) is 11.3 Å². The van der Waals surface area contributed by atoms with Crippen LogP contribution in [0.4, 0.5) is 5.82 Å². The Bertz CT molecular complexity index is 1040. The molecule has 1 aliphatic heterocycles. The van der Waals surface area contributed by atoms with Crippen LogP contribution < -0.4 is 4.90 Å². The molecule has 2 aromatic heterocycles. The molecule has 0 saturated carbocycles. The van der Waals surface area contributed by atoms with Gasteiger partial charge in [0.15, 0.2) is 0 Å². The predicted octanol–water partition coefficient (Wildman–Crippen LogP) is 4.19. The Morgan fingerprint density at radius 1 is 1.07 bits per heavy atom. The summed E-state index contributed by atoms with van der Waals surface area (Å²) < 4.78 is 0. The van der Waals surface area contributed by atoms with Crippen molar-refractivity contribution in [3.8, 4) is 0 Å². The van der Waals surface area contributed by atoms with E-state index in [1.165, 1.54) is 28.7 Å². The molecule has 1 saturated heterocycles. The fraction of sp³-hybridized carbons (Fsp3) is 0.381. The van der Waals surface area contributed by atoms with E-state index in [2.05, 4.69) is 14.9 Å². The second kappa shape index (κ2) is 7.33. The molecule has 0 radical (unpaired) electrons. The highest BCUT2D eigenvalue weighted by atomic mass is 35.5. The lowest BCUT2D eigenvalue weighted by Gasteiger charge is -2.35. The molecule has 0 atom stereocenters. The number of thiophene rings is 1. The molecule has 3 heterocycles. The van der Waals surface area contributed by atoms with Gasteiger partial charge in [0.2, 0.25) is 0 Å². The van der Waals surface area contributed by atoms with Gasteiger partial charge < -0.3 is 9.80 Å². The van der Waals surface area contributed by atoms with Crippen LogP contribution in [0.5, 0.6) is 0 Å². The summed E-state index contributed by atoms with van der Waals surface area (Å²) >= 11 is 7.87. The third kappa shape index (κ3) is 3.14. The van der Waals surface area contributed by atoms with Crippen molar-refractivity contribution in [3.63, 3.8) is 0 Å². The van der Waals surface area contributed by atoms with E-state index < -0.39 is 0 Å². The molecule has 0 bridgehead atoms. The molecule has 28 heavy (non-hydrogen) atoms. The van der Waals surface area contributed by atoms with Crippen molar-refractivity contribution in [1.82, 2.24) is 14.9 Å². The van der Waals surface area contributed by atoms with Gasteiger partial charge in [0.1, 0.15) is 17.0 Å². The molecule has 0 spiro atoms. The number of amides is 1. The highest BCUT2D eigenvalue weighted by Crippen LogP contribution is 2.39. The fourth-order valence-corrected chi connectivity index (χ4v) is 5.65. The van der Waals surface area contributed by atoms with Gasteiger partial charge in [-0.1, -0.05) is 17.7 Å². The van der Waals surface area contributed by atoms with E-state index in [4.69, 9.17) is 11.6 Å². The first-order valence-electron chi connectivity index (χ1n) is 9.76. The number of benzene rings is 1. The van der Waals surface area contributed by atoms with Crippen molar-refractivity contribution < 1.29 is 4.79 Å². The molecule has 1 fully saturated rings. The van der Waals surface area contributed by atoms with Gasteiger partial charge in [0.25, 0.3) is 5.91 Å². The zero-order valence-electron chi connectivity index (χ0n) is 15.5. The molecular formula is C21H21ClN4OS. The summed E-state index contributed by atoms with van der Waals surface area (Å²) in [4.78, 5) is 28.8. The van der Waals surface area contributed by atoms with Crippen LogP contribution in [0.15, 0.2) is 30.6 Å². The van der Waals surface area contributed by atoms with Crippen LogP contribution >= 0.6 is 22.9 Å². The summed E-state index contributed by atoms with van der Waals surface area (Å²) in [6.45, 7) is 2.93. The fourth-order valence-electron chi connectivity index (χ4n) is 4.24. The number of hydrogen-bond acceptors (Lipinski definition) is 5. The molecule has 0 unspecified atom stereocenters. The average molecular weight is 413 g/mol. The van der Waals surface area contributed by atoms with Crippen LogP contribution in [-0.2, 0) is 12.8 Å². The number of hydrogen-bond donors (Lipinski definition) is 0. The van der Waals surface area contributed by atoms with Gasteiger partial charge in [-0.05, 0) is 49.4 Å². The lowest BCUT2D eigenvalue weighted by atomic mass is 9.97. The molecule has 5 nitrogen and oxygen atoms in total. The number of aryl methyl sites for hydroxylation is 2. The molecule has 144 valence electrons. The minimum atomic E-state index is 0.0443. The standard InChI is InChI=1S/C21H21ClN4OS/c22-15-5-3-4-14(12-15)21(27)26-10-8-25(9-11-26)19-18-16-6-1-2-7-17(16)28-20(18)24-13-23-19/h3-5,12-13H,1-2,6-11H2. The Hall–Kier alpha value is -2.18. The van der Waals surface area contributed by atoms with Gasteiger partial charge >= 0.3 is 0 Å². The highest BCUT2D eigenvalue weighted by molar-refractivity contribution is 7.19. The third-order valence-electron chi connectivity index (χ3n) is 5.67. The maximum absolute atomic E-state index is 12.8.